The van der Waals surface area contributed by atoms with Crippen LogP contribution in [0.15, 0.2) is 39.2 Å². The number of thiophene rings is 1. The van der Waals surface area contributed by atoms with Gasteiger partial charge >= 0.3 is 5.69 Å². The first-order valence-electron chi connectivity index (χ1n) is 7.37. The minimum atomic E-state index is -0.516. The van der Waals surface area contributed by atoms with Gasteiger partial charge in [-0.3, -0.25) is 18.7 Å². The smallest absolute Gasteiger partial charge is 0.324 e. The summed E-state index contributed by atoms with van der Waals surface area (Å²) in [7, 11) is 0. The van der Waals surface area contributed by atoms with Gasteiger partial charge in [0.2, 0.25) is 5.91 Å². The normalized spacial score (nSPS) is 11.0. The number of anilines is 1. The number of nitrogens with one attached hydrogen (secondary N) is 1. The SMILES string of the molecule is CCn1c(=O)c2sccc2n(CC(=O)Nc2cc(Cl)cc(Cl)c2)c1=O. The molecule has 0 aliphatic heterocycles. The fraction of sp³-hybridized carbons (Fsp3) is 0.188. The number of benzene rings is 1. The Labute approximate surface area is 156 Å². The summed E-state index contributed by atoms with van der Waals surface area (Å²) < 4.78 is 2.85. The maximum atomic E-state index is 12.5. The third kappa shape index (κ3) is 3.49. The first kappa shape index (κ1) is 17.7. The average molecular weight is 398 g/mol. The maximum Gasteiger partial charge on any atom is 0.331 e. The van der Waals surface area contributed by atoms with E-state index in [1.807, 2.05) is 0 Å². The molecule has 1 amide bonds. The number of amides is 1. The number of aromatic nitrogens is 2. The Morgan fingerprint density at radius 2 is 1.84 bits per heavy atom. The van der Waals surface area contributed by atoms with E-state index in [4.69, 9.17) is 23.2 Å². The lowest BCUT2D eigenvalue weighted by molar-refractivity contribution is -0.116. The molecule has 0 fully saturated rings. The van der Waals surface area contributed by atoms with Crippen LogP contribution in [0.4, 0.5) is 5.69 Å². The molecule has 2 aromatic heterocycles. The van der Waals surface area contributed by atoms with Crippen LogP contribution >= 0.6 is 34.5 Å². The van der Waals surface area contributed by atoms with Crippen LogP contribution in [0.5, 0.6) is 0 Å². The van der Waals surface area contributed by atoms with Crippen LogP contribution in [0.1, 0.15) is 6.92 Å². The van der Waals surface area contributed by atoms with Gasteiger partial charge < -0.3 is 5.32 Å². The van der Waals surface area contributed by atoms with Gasteiger partial charge in [0.05, 0.1) is 5.52 Å². The summed E-state index contributed by atoms with van der Waals surface area (Å²) in [4.78, 5) is 37.2. The van der Waals surface area contributed by atoms with Crippen molar-refractivity contribution in [1.29, 1.82) is 0 Å². The van der Waals surface area contributed by atoms with Crippen molar-refractivity contribution in [2.45, 2.75) is 20.0 Å². The molecule has 3 aromatic rings. The molecule has 0 spiro atoms. The van der Waals surface area contributed by atoms with Gasteiger partial charge in [0.25, 0.3) is 5.56 Å². The van der Waals surface area contributed by atoms with Crippen molar-refractivity contribution >= 4 is 56.3 Å². The molecule has 3 rings (SSSR count). The maximum absolute atomic E-state index is 12.5. The van der Waals surface area contributed by atoms with Crippen LogP contribution in [0.3, 0.4) is 0 Å². The fourth-order valence-electron chi connectivity index (χ4n) is 2.54. The highest BCUT2D eigenvalue weighted by molar-refractivity contribution is 7.17. The summed E-state index contributed by atoms with van der Waals surface area (Å²) in [6.45, 7) is 1.72. The Balaban J connectivity index is 1.97. The summed E-state index contributed by atoms with van der Waals surface area (Å²) in [6.07, 6.45) is 0. The monoisotopic (exact) mass is 397 g/mol. The number of hydrogen-bond acceptors (Lipinski definition) is 4. The number of halogens is 2. The molecule has 2 heterocycles. The van der Waals surface area contributed by atoms with E-state index in [0.717, 1.165) is 4.57 Å². The molecule has 25 heavy (non-hydrogen) atoms. The van der Waals surface area contributed by atoms with E-state index in [9.17, 15) is 14.4 Å². The van der Waals surface area contributed by atoms with Gasteiger partial charge in [-0.05, 0) is 36.6 Å². The highest BCUT2D eigenvalue weighted by atomic mass is 35.5. The van der Waals surface area contributed by atoms with E-state index < -0.39 is 11.6 Å². The Bertz CT molecular complexity index is 1060. The third-order valence-electron chi connectivity index (χ3n) is 3.60. The molecular formula is C16H13Cl2N3O3S. The summed E-state index contributed by atoms with van der Waals surface area (Å²) >= 11 is 13.1. The van der Waals surface area contributed by atoms with Crippen molar-refractivity contribution in [3.8, 4) is 0 Å². The van der Waals surface area contributed by atoms with Crippen LogP contribution < -0.4 is 16.6 Å². The molecule has 0 aliphatic rings. The molecule has 0 atom stereocenters. The second-order valence-electron chi connectivity index (χ2n) is 5.26. The first-order valence-corrected chi connectivity index (χ1v) is 9.01. The van der Waals surface area contributed by atoms with Crippen LogP contribution in [0.2, 0.25) is 10.0 Å². The number of rotatable bonds is 4. The zero-order valence-electron chi connectivity index (χ0n) is 13.1. The standard InChI is InChI=1S/C16H13Cl2N3O3S/c1-2-20-15(23)14-12(3-4-25-14)21(16(20)24)8-13(22)19-11-6-9(17)5-10(18)7-11/h3-7H,2,8H2,1H3,(H,19,22). The lowest BCUT2D eigenvalue weighted by atomic mass is 10.3. The molecule has 0 aliphatic carbocycles. The summed E-state index contributed by atoms with van der Waals surface area (Å²) in [5.41, 5.74) is 0.0263. The van der Waals surface area contributed by atoms with E-state index in [2.05, 4.69) is 5.32 Å². The van der Waals surface area contributed by atoms with Gasteiger partial charge in [0, 0.05) is 22.3 Å². The molecule has 0 bridgehead atoms. The Hall–Kier alpha value is -2.09. The van der Waals surface area contributed by atoms with Gasteiger partial charge in [0.15, 0.2) is 0 Å². The predicted octanol–water partition coefficient (Wildman–Crippen LogP) is 3.19. The summed E-state index contributed by atoms with van der Waals surface area (Å²) in [6, 6.07) is 6.32. The topological polar surface area (TPSA) is 73.1 Å². The second kappa shape index (κ2) is 7.03. The molecule has 9 heteroatoms. The van der Waals surface area contributed by atoms with Crippen molar-refractivity contribution in [3.05, 3.63) is 60.5 Å². The van der Waals surface area contributed by atoms with Gasteiger partial charge in [-0.1, -0.05) is 23.2 Å². The number of carbonyl (C=O) groups is 1. The Morgan fingerprint density at radius 3 is 2.48 bits per heavy atom. The van der Waals surface area contributed by atoms with E-state index in [0.29, 0.717) is 25.9 Å². The first-order chi connectivity index (χ1) is 11.9. The lowest BCUT2D eigenvalue weighted by Gasteiger charge is -2.11. The van der Waals surface area contributed by atoms with E-state index in [-0.39, 0.29) is 18.6 Å². The highest BCUT2D eigenvalue weighted by Gasteiger charge is 2.15. The minimum Gasteiger partial charge on any atom is -0.324 e. The summed E-state index contributed by atoms with van der Waals surface area (Å²) in [5.74, 6) is -0.422. The average Bonchev–Trinajstić information content (AvgIpc) is 3.00. The van der Waals surface area contributed by atoms with Gasteiger partial charge in [0.1, 0.15) is 11.2 Å². The fourth-order valence-corrected chi connectivity index (χ4v) is 3.90. The van der Waals surface area contributed by atoms with Crippen LogP contribution in [-0.4, -0.2) is 15.0 Å². The third-order valence-corrected chi connectivity index (χ3v) is 4.93. The molecule has 0 saturated heterocycles. The van der Waals surface area contributed by atoms with Crippen molar-refractivity contribution in [2.24, 2.45) is 0 Å². The molecule has 130 valence electrons. The molecular weight excluding hydrogens is 385 g/mol. The number of nitrogens with zero attached hydrogens (tertiary/aromatic N) is 2. The number of fused-ring (bicyclic) bond motifs is 1. The van der Waals surface area contributed by atoms with Crippen molar-refractivity contribution in [2.75, 3.05) is 5.32 Å². The van der Waals surface area contributed by atoms with E-state index in [1.165, 1.54) is 15.9 Å². The molecule has 0 saturated carbocycles. The minimum absolute atomic E-state index is 0.226. The van der Waals surface area contributed by atoms with Gasteiger partial charge in [-0.25, -0.2) is 4.79 Å². The summed E-state index contributed by atoms with van der Waals surface area (Å²) in [5, 5.41) is 5.15. The zero-order valence-corrected chi connectivity index (χ0v) is 15.4. The van der Waals surface area contributed by atoms with Gasteiger partial charge in [-0.15, -0.1) is 11.3 Å². The largest absolute Gasteiger partial charge is 0.331 e. The zero-order chi connectivity index (χ0) is 18.1. The van der Waals surface area contributed by atoms with Crippen molar-refractivity contribution < 1.29 is 4.79 Å². The van der Waals surface area contributed by atoms with Gasteiger partial charge in [-0.2, -0.15) is 0 Å². The van der Waals surface area contributed by atoms with E-state index >= 15 is 0 Å². The number of hydrogen-bond donors (Lipinski definition) is 1. The van der Waals surface area contributed by atoms with Crippen molar-refractivity contribution in [3.63, 3.8) is 0 Å². The second-order valence-corrected chi connectivity index (χ2v) is 7.05. The van der Waals surface area contributed by atoms with Crippen LogP contribution in [-0.2, 0) is 17.9 Å². The Morgan fingerprint density at radius 1 is 1.16 bits per heavy atom. The Kier molecular flexibility index (Phi) is 4.99. The van der Waals surface area contributed by atoms with Crippen LogP contribution in [0.25, 0.3) is 10.2 Å². The molecule has 6 nitrogen and oxygen atoms in total. The van der Waals surface area contributed by atoms with Crippen LogP contribution in [0, 0.1) is 0 Å². The lowest BCUT2D eigenvalue weighted by Crippen LogP contribution is -2.40. The van der Waals surface area contributed by atoms with Crippen molar-refractivity contribution in [1.82, 2.24) is 9.13 Å². The highest BCUT2D eigenvalue weighted by Crippen LogP contribution is 2.22. The number of carbonyl (C=O) groups excluding carboxylic acids is 1. The quantitative estimate of drug-likeness (QED) is 0.734. The molecule has 1 N–H and O–H groups in total. The molecule has 0 unspecified atom stereocenters. The van der Waals surface area contributed by atoms with E-state index in [1.54, 1.807) is 36.6 Å². The molecule has 1 aromatic carbocycles. The molecule has 0 radical (unpaired) electrons. The predicted molar refractivity (Wildman–Crippen MR) is 101 cm³/mol.